The average molecular weight is 422 g/mol. The van der Waals surface area contributed by atoms with Crippen LogP contribution in [0.2, 0.25) is 0 Å². The van der Waals surface area contributed by atoms with E-state index in [0.717, 1.165) is 32.4 Å². The minimum atomic E-state index is -0.403. The maximum Gasteiger partial charge on any atom is 0.196 e. The van der Waals surface area contributed by atoms with Crippen molar-refractivity contribution in [1.29, 1.82) is 0 Å². The second kappa shape index (κ2) is 6.98. The van der Waals surface area contributed by atoms with Gasteiger partial charge in [0.15, 0.2) is 11.7 Å². The van der Waals surface area contributed by atoms with Gasteiger partial charge in [0, 0.05) is 16.0 Å². The van der Waals surface area contributed by atoms with Gasteiger partial charge < -0.3 is 4.42 Å². The summed E-state index contributed by atoms with van der Waals surface area (Å²) < 4.78 is 22.6. The van der Waals surface area contributed by atoms with Gasteiger partial charge >= 0.3 is 0 Å². The van der Waals surface area contributed by atoms with Crippen LogP contribution in [0.4, 0.5) is 4.39 Å². The van der Waals surface area contributed by atoms with Gasteiger partial charge in [-0.25, -0.2) is 9.37 Å². The smallest absolute Gasteiger partial charge is 0.196 e. The Kier molecular flexibility index (Phi) is 4.39. The first-order valence-electron chi connectivity index (χ1n) is 9.69. The van der Waals surface area contributed by atoms with Crippen molar-refractivity contribution in [2.45, 2.75) is 40.2 Å². The van der Waals surface area contributed by atoms with Crippen molar-refractivity contribution in [1.82, 2.24) is 19.7 Å². The zero-order valence-electron chi connectivity index (χ0n) is 17.1. The third-order valence-corrected chi connectivity index (χ3v) is 6.66. The number of nitrogens with zero attached hydrogens (tertiary/aromatic N) is 5. The Morgan fingerprint density at radius 3 is 2.73 bits per heavy atom. The topological polar surface area (TPSA) is 69.1 Å². The molecule has 5 rings (SSSR count). The predicted octanol–water partition coefficient (Wildman–Crippen LogP) is 4.82. The van der Waals surface area contributed by atoms with Crippen LogP contribution in [0.15, 0.2) is 40.1 Å². The van der Waals surface area contributed by atoms with E-state index in [1.165, 1.54) is 6.26 Å². The molecule has 0 unspecified atom stereocenters. The van der Waals surface area contributed by atoms with Gasteiger partial charge in [0.25, 0.3) is 0 Å². The molecule has 1 atom stereocenters. The number of rotatable bonds is 3. The van der Waals surface area contributed by atoms with Crippen LogP contribution < -0.4 is 0 Å². The first-order valence-corrected chi connectivity index (χ1v) is 10.5. The molecule has 3 aromatic heterocycles. The highest BCUT2D eigenvalue weighted by molar-refractivity contribution is 7.15. The average Bonchev–Trinajstić information content (AvgIpc) is 3.38. The van der Waals surface area contributed by atoms with Crippen molar-refractivity contribution in [2.24, 2.45) is 4.99 Å². The Hall–Kier alpha value is -3.13. The fourth-order valence-electron chi connectivity index (χ4n) is 3.84. The van der Waals surface area contributed by atoms with E-state index in [2.05, 4.69) is 29.0 Å². The van der Waals surface area contributed by atoms with E-state index in [1.807, 2.05) is 24.5 Å². The lowest BCUT2D eigenvalue weighted by atomic mass is 9.98. The summed E-state index contributed by atoms with van der Waals surface area (Å²) in [4.78, 5) is 10.5. The van der Waals surface area contributed by atoms with Crippen LogP contribution in [-0.2, 0) is 6.42 Å². The van der Waals surface area contributed by atoms with E-state index in [4.69, 9.17) is 9.41 Å². The SMILES string of the molecule is Cc1ccc(C2=N[C@@H](Cc3ncco3)c3nnc(C)n3-c3sc(C)c(C)c32)c(F)c1. The number of oxazole rings is 1. The van der Waals surface area contributed by atoms with Gasteiger partial charge in [-0.2, -0.15) is 0 Å². The molecule has 0 fully saturated rings. The van der Waals surface area contributed by atoms with Crippen LogP contribution >= 0.6 is 11.3 Å². The molecule has 1 aliphatic rings. The quantitative estimate of drug-likeness (QED) is 0.475. The van der Waals surface area contributed by atoms with Gasteiger partial charge in [0.05, 0.1) is 18.3 Å². The Labute approximate surface area is 177 Å². The summed E-state index contributed by atoms with van der Waals surface area (Å²) >= 11 is 1.65. The van der Waals surface area contributed by atoms with Gasteiger partial charge in [-0.15, -0.1) is 21.5 Å². The highest BCUT2D eigenvalue weighted by atomic mass is 32.1. The molecule has 0 spiro atoms. The van der Waals surface area contributed by atoms with E-state index in [-0.39, 0.29) is 5.82 Å². The highest BCUT2D eigenvalue weighted by Gasteiger charge is 2.32. The predicted molar refractivity (Wildman–Crippen MR) is 113 cm³/mol. The molecular weight excluding hydrogens is 401 g/mol. The van der Waals surface area contributed by atoms with Crippen LogP contribution in [-0.4, -0.2) is 25.5 Å². The van der Waals surface area contributed by atoms with E-state index in [9.17, 15) is 0 Å². The third kappa shape index (κ3) is 2.90. The first kappa shape index (κ1) is 18.9. The minimum absolute atomic E-state index is 0.285. The molecule has 0 bridgehead atoms. The molecule has 6 nitrogen and oxygen atoms in total. The molecule has 1 aliphatic heterocycles. The largest absolute Gasteiger partial charge is 0.449 e. The van der Waals surface area contributed by atoms with Crippen LogP contribution in [0.25, 0.3) is 5.00 Å². The van der Waals surface area contributed by atoms with Crippen molar-refractivity contribution in [2.75, 3.05) is 0 Å². The van der Waals surface area contributed by atoms with Gasteiger partial charge in [-0.1, -0.05) is 6.07 Å². The molecule has 1 aromatic carbocycles. The van der Waals surface area contributed by atoms with Crippen molar-refractivity contribution < 1.29 is 8.81 Å². The molecule has 4 heterocycles. The maximum absolute atomic E-state index is 15.1. The molecule has 0 aliphatic carbocycles. The number of hydrogen-bond donors (Lipinski definition) is 0. The molecule has 0 amide bonds. The number of aryl methyl sites for hydroxylation is 3. The number of fused-ring (bicyclic) bond motifs is 3. The summed E-state index contributed by atoms with van der Waals surface area (Å²) in [5, 5.41) is 9.71. The van der Waals surface area contributed by atoms with Gasteiger partial charge in [0.2, 0.25) is 0 Å². The Balaban J connectivity index is 1.80. The van der Waals surface area contributed by atoms with Crippen LogP contribution in [0.5, 0.6) is 0 Å². The summed E-state index contributed by atoms with van der Waals surface area (Å²) in [5.74, 6) is 1.74. The van der Waals surface area contributed by atoms with Crippen molar-refractivity contribution >= 4 is 17.0 Å². The van der Waals surface area contributed by atoms with Crippen molar-refractivity contribution in [3.63, 3.8) is 0 Å². The zero-order valence-corrected chi connectivity index (χ0v) is 17.9. The number of hydrogen-bond acceptors (Lipinski definition) is 6. The Morgan fingerprint density at radius 1 is 1.17 bits per heavy atom. The molecule has 152 valence electrons. The van der Waals surface area contributed by atoms with E-state index in [1.54, 1.807) is 29.7 Å². The molecule has 0 saturated carbocycles. The fraction of sp³-hybridized carbons (Fsp3) is 0.273. The summed E-state index contributed by atoms with van der Waals surface area (Å²) in [7, 11) is 0. The lowest BCUT2D eigenvalue weighted by Crippen LogP contribution is -2.10. The standard InChI is InChI=1S/C22H20FN5OS/c1-11-5-6-15(16(23)9-11)20-19-12(2)13(3)30-22(19)28-14(4)26-27-21(28)17(25-20)10-18-24-7-8-29-18/h5-9,17H,10H2,1-4H3/t17-/m0/s1. The van der Waals surface area contributed by atoms with Crippen LogP contribution in [0.3, 0.4) is 0 Å². The first-order chi connectivity index (χ1) is 14.4. The third-order valence-electron chi connectivity index (χ3n) is 5.47. The molecule has 8 heteroatoms. The maximum atomic E-state index is 15.1. The molecule has 0 N–H and O–H groups in total. The van der Waals surface area contributed by atoms with Gasteiger partial charge in [-0.3, -0.25) is 9.56 Å². The van der Waals surface area contributed by atoms with Crippen molar-refractivity contribution in [3.8, 4) is 5.00 Å². The van der Waals surface area contributed by atoms with Crippen LogP contribution in [0.1, 0.15) is 50.7 Å². The Morgan fingerprint density at radius 2 is 2.00 bits per heavy atom. The van der Waals surface area contributed by atoms with Gasteiger partial charge in [-0.05, 0) is 51.0 Å². The van der Waals surface area contributed by atoms with E-state index >= 15 is 4.39 Å². The molecule has 0 saturated heterocycles. The summed E-state index contributed by atoms with van der Waals surface area (Å²) in [6.07, 6.45) is 3.56. The highest BCUT2D eigenvalue weighted by Crippen LogP contribution is 2.39. The number of thiophene rings is 1. The lowest BCUT2D eigenvalue weighted by molar-refractivity contribution is 0.467. The van der Waals surface area contributed by atoms with Crippen LogP contribution in [0, 0.1) is 33.5 Å². The Bertz CT molecular complexity index is 1290. The molecule has 30 heavy (non-hydrogen) atoms. The number of aromatic nitrogens is 4. The van der Waals surface area contributed by atoms with E-state index in [0.29, 0.717) is 29.4 Å². The zero-order chi connectivity index (χ0) is 21.0. The number of halogens is 1. The fourth-order valence-corrected chi connectivity index (χ4v) is 5.06. The second-order valence-corrected chi connectivity index (χ2v) is 8.71. The second-order valence-electron chi connectivity index (χ2n) is 7.51. The monoisotopic (exact) mass is 421 g/mol. The van der Waals surface area contributed by atoms with Crippen molar-refractivity contribution in [3.05, 3.63) is 81.1 Å². The normalized spacial score (nSPS) is 15.5. The lowest BCUT2D eigenvalue weighted by Gasteiger charge is -2.12. The summed E-state index contributed by atoms with van der Waals surface area (Å²) in [6.45, 7) is 7.93. The number of aliphatic imine (C=N–C) groups is 1. The molecule has 4 aromatic rings. The minimum Gasteiger partial charge on any atom is -0.449 e. The molecule has 0 radical (unpaired) electrons. The van der Waals surface area contributed by atoms with Gasteiger partial charge in [0.1, 0.15) is 28.9 Å². The summed E-state index contributed by atoms with van der Waals surface area (Å²) in [6, 6.07) is 4.86. The summed E-state index contributed by atoms with van der Waals surface area (Å²) in [5.41, 5.74) is 4.00. The molecular formula is C22H20FN5OS. The number of benzene rings is 1. The van der Waals surface area contributed by atoms with E-state index < -0.39 is 6.04 Å².